The average molecular weight is 396 g/mol. The molecule has 0 fully saturated rings. The first kappa shape index (κ1) is 13.9. The molecule has 3 aromatic rings. The van der Waals surface area contributed by atoms with Crippen LogP contribution >= 0.6 is 33.9 Å². The van der Waals surface area contributed by atoms with E-state index in [-0.39, 0.29) is 0 Å². The van der Waals surface area contributed by atoms with Gasteiger partial charge in [0.15, 0.2) is 0 Å². The van der Waals surface area contributed by atoms with Crippen molar-refractivity contribution in [2.45, 2.75) is 6.10 Å². The third-order valence-corrected chi connectivity index (χ3v) is 5.10. The van der Waals surface area contributed by atoms with Gasteiger partial charge < -0.3 is 9.84 Å². The molecule has 0 aliphatic heterocycles. The summed E-state index contributed by atoms with van der Waals surface area (Å²) in [5.41, 5.74) is 1.86. The third-order valence-electron chi connectivity index (χ3n) is 3.29. The molecule has 0 aliphatic carbocycles. The minimum absolute atomic E-state index is 0.568. The van der Waals surface area contributed by atoms with E-state index in [4.69, 9.17) is 4.74 Å². The van der Waals surface area contributed by atoms with Crippen molar-refractivity contribution in [2.24, 2.45) is 0 Å². The molecule has 1 N–H and O–H groups in total. The van der Waals surface area contributed by atoms with E-state index >= 15 is 0 Å². The number of ether oxygens (including phenoxy) is 1. The number of methoxy groups -OCH3 is 1. The molecule has 3 rings (SSSR count). The largest absolute Gasteiger partial charge is 0.497 e. The van der Waals surface area contributed by atoms with Crippen LogP contribution in [0.4, 0.5) is 0 Å². The van der Waals surface area contributed by atoms with Gasteiger partial charge in [0.2, 0.25) is 0 Å². The Morgan fingerprint density at radius 3 is 2.50 bits per heavy atom. The SMILES string of the molecule is COc1ccc2cc(C(O)c3csc(I)c3)ccc2c1. The van der Waals surface area contributed by atoms with Crippen molar-refractivity contribution in [3.8, 4) is 5.75 Å². The molecule has 2 aromatic carbocycles. The third kappa shape index (κ3) is 2.68. The van der Waals surface area contributed by atoms with E-state index in [1.165, 1.54) is 2.88 Å². The van der Waals surface area contributed by atoms with Crippen molar-refractivity contribution in [2.75, 3.05) is 7.11 Å². The highest BCUT2D eigenvalue weighted by Gasteiger charge is 2.12. The van der Waals surface area contributed by atoms with Crippen LogP contribution in [0.5, 0.6) is 5.75 Å². The van der Waals surface area contributed by atoms with Gasteiger partial charge >= 0.3 is 0 Å². The smallest absolute Gasteiger partial charge is 0.119 e. The lowest BCUT2D eigenvalue weighted by Crippen LogP contribution is -1.97. The Morgan fingerprint density at radius 1 is 1.05 bits per heavy atom. The fraction of sp³-hybridized carbons (Fsp3) is 0.125. The highest BCUT2D eigenvalue weighted by Crippen LogP contribution is 2.30. The van der Waals surface area contributed by atoms with Gasteiger partial charge in [-0.2, -0.15) is 0 Å². The number of hydrogen-bond donors (Lipinski definition) is 1. The summed E-state index contributed by atoms with van der Waals surface area (Å²) in [7, 11) is 1.66. The molecule has 0 saturated carbocycles. The van der Waals surface area contributed by atoms with E-state index in [1.807, 2.05) is 47.8 Å². The van der Waals surface area contributed by atoms with Gasteiger partial charge in [-0.3, -0.25) is 0 Å². The van der Waals surface area contributed by atoms with Gasteiger partial charge in [0.05, 0.1) is 9.99 Å². The number of aliphatic hydroxyl groups is 1. The number of thiophene rings is 1. The number of benzene rings is 2. The molecule has 2 nitrogen and oxygen atoms in total. The summed E-state index contributed by atoms with van der Waals surface area (Å²) in [6, 6.07) is 14.0. The fourth-order valence-corrected chi connectivity index (χ4v) is 3.59. The molecule has 1 unspecified atom stereocenters. The lowest BCUT2D eigenvalue weighted by Gasteiger charge is -2.11. The summed E-state index contributed by atoms with van der Waals surface area (Å²) < 4.78 is 6.41. The standard InChI is InChI=1S/C16H13IO2S/c1-19-14-5-4-10-6-12(3-2-11(10)7-14)16(18)13-8-15(17)20-9-13/h2-9,16,18H,1H3. The Labute approximate surface area is 135 Å². The summed E-state index contributed by atoms with van der Waals surface area (Å²) in [6.45, 7) is 0. The molecule has 0 amide bonds. The minimum Gasteiger partial charge on any atom is -0.497 e. The summed E-state index contributed by atoms with van der Waals surface area (Å²) in [5.74, 6) is 0.846. The molecule has 20 heavy (non-hydrogen) atoms. The predicted molar refractivity (Wildman–Crippen MR) is 91.6 cm³/mol. The first-order valence-electron chi connectivity index (χ1n) is 6.17. The van der Waals surface area contributed by atoms with Crippen LogP contribution < -0.4 is 4.74 Å². The van der Waals surface area contributed by atoms with E-state index in [1.54, 1.807) is 18.4 Å². The monoisotopic (exact) mass is 396 g/mol. The first-order chi connectivity index (χ1) is 9.67. The molecule has 0 saturated heterocycles. The first-order valence-corrected chi connectivity index (χ1v) is 8.13. The van der Waals surface area contributed by atoms with Gasteiger partial charge in [-0.05, 0) is 74.1 Å². The van der Waals surface area contributed by atoms with Gasteiger partial charge in [-0.25, -0.2) is 0 Å². The summed E-state index contributed by atoms with van der Waals surface area (Å²) in [4.78, 5) is 0. The highest BCUT2D eigenvalue weighted by molar-refractivity contribution is 14.1. The second-order valence-corrected chi connectivity index (χ2v) is 7.36. The molecule has 1 aromatic heterocycles. The molecular formula is C16H13IO2S. The van der Waals surface area contributed by atoms with Crippen LogP contribution in [-0.2, 0) is 0 Å². The van der Waals surface area contributed by atoms with Crippen LogP contribution in [0.2, 0.25) is 0 Å². The van der Waals surface area contributed by atoms with E-state index in [0.29, 0.717) is 0 Å². The maximum atomic E-state index is 10.4. The van der Waals surface area contributed by atoms with Crippen molar-refractivity contribution < 1.29 is 9.84 Å². The van der Waals surface area contributed by atoms with Crippen LogP contribution in [0.1, 0.15) is 17.2 Å². The molecule has 0 spiro atoms. The molecule has 0 aliphatic rings. The second-order valence-electron chi connectivity index (χ2n) is 4.56. The van der Waals surface area contributed by atoms with Crippen LogP contribution in [-0.4, -0.2) is 12.2 Å². The highest BCUT2D eigenvalue weighted by atomic mass is 127. The number of hydrogen-bond acceptors (Lipinski definition) is 3. The van der Waals surface area contributed by atoms with Gasteiger partial charge in [0, 0.05) is 0 Å². The molecule has 4 heteroatoms. The Kier molecular flexibility index (Phi) is 3.96. The van der Waals surface area contributed by atoms with E-state index in [2.05, 4.69) is 22.6 Å². The zero-order chi connectivity index (χ0) is 14.1. The van der Waals surface area contributed by atoms with Crippen molar-refractivity contribution in [3.05, 3.63) is 61.9 Å². The van der Waals surface area contributed by atoms with E-state index in [9.17, 15) is 5.11 Å². The molecule has 0 radical (unpaired) electrons. The van der Waals surface area contributed by atoms with Crippen LogP contribution in [0.25, 0.3) is 10.8 Å². The van der Waals surface area contributed by atoms with Crippen LogP contribution in [0, 0.1) is 2.88 Å². The number of halogens is 1. The molecule has 1 atom stereocenters. The Bertz CT molecular complexity index is 751. The number of rotatable bonds is 3. The summed E-state index contributed by atoms with van der Waals surface area (Å²) in [5, 5.41) is 14.7. The van der Waals surface area contributed by atoms with Crippen LogP contribution in [0.3, 0.4) is 0 Å². The minimum atomic E-state index is -0.568. The van der Waals surface area contributed by atoms with Gasteiger partial charge in [0.25, 0.3) is 0 Å². The Balaban J connectivity index is 2.00. The lowest BCUT2D eigenvalue weighted by atomic mass is 10.0. The van der Waals surface area contributed by atoms with Crippen molar-refractivity contribution >= 4 is 44.7 Å². The number of aliphatic hydroxyl groups excluding tert-OH is 1. The van der Waals surface area contributed by atoms with Crippen molar-refractivity contribution in [3.63, 3.8) is 0 Å². The fourth-order valence-electron chi connectivity index (χ4n) is 2.20. The van der Waals surface area contributed by atoms with E-state index in [0.717, 1.165) is 27.6 Å². The van der Waals surface area contributed by atoms with Crippen molar-refractivity contribution in [1.82, 2.24) is 0 Å². The normalized spacial score (nSPS) is 12.6. The Hall–Kier alpha value is -1.11. The zero-order valence-electron chi connectivity index (χ0n) is 10.8. The maximum Gasteiger partial charge on any atom is 0.119 e. The van der Waals surface area contributed by atoms with Crippen molar-refractivity contribution in [1.29, 1.82) is 0 Å². The maximum absolute atomic E-state index is 10.4. The van der Waals surface area contributed by atoms with Crippen LogP contribution in [0.15, 0.2) is 47.8 Å². The molecule has 102 valence electrons. The van der Waals surface area contributed by atoms with Gasteiger partial charge in [-0.15, -0.1) is 11.3 Å². The van der Waals surface area contributed by atoms with Gasteiger partial charge in [0.1, 0.15) is 11.9 Å². The average Bonchev–Trinajstić information content (AvgIpc) is 2.92. The summed E-state index contributed by atoms with van der Waals surface area (Å²) in [6.07, 6.45) is -0.568. The number of fused-ring (bicyclic) bond motifs is 1. The zero-order valence-corrected chi connectivity index (χ0v) is 13.8. The summed E-state index contributed by atoms with van der Waals surface area (Å²) >= 11 is 3.91. The Morgan fingerprint density at radius 2 is 1.80 bits per heavy atom. The molecular weight excluding hydrogens is 383 g/mol. The second kappa shape index (κ2) is 5.71. The quantitative estimate of drug-likeness (QED) is 0.656. The molecule has 0 bridgehead atoms. The lowest BCUT2D eigenvalue weighted by molar-refractivity contribution is 0.221. The van der Waals surface area contributed by atoms with E-state index < -0.39 is 6.10 Å². The predicted octanol–water partition coefficient (Wildman–Crippen LogP) is 4.60. The van der Waals surface area contributed by atoms with Gasteiger partial charge in [-0.1, -0.05) is 18.2 Å². The molecule has 1 heterocycles. The topological polar surface area (TPSA) is 29.5 Å².